The third kappa shape index (κ3) is 5.22. The molecule has 0 aromatic heterocycles. The van der Waals surface area contributed by atoms with Crippen LogP contribution in [0.5, 0.6) is 5.75 Å². The number of rotatable bonds is 8. The smallest absolute Gasteiger partial charge is 0.124 e. The summed E-state index contributed by atoms with van der Waals surface area (Å²) in [6, 6.07) is 8.31. The average molecular weight is 235 g/mol. The lowest BCUT2D eigenvalue weighted by molar-refractivity contribution is 0.207. The normalized spacial score (nSPS) is 12.4. The molecule has 0 radical (unpaired) electrons. The van der Waals surface area contributed by atoms with Crippen molar-refractivity contribution >= 4 is 0 Å². The van der Waals surface area contributed by atoms with Crippen molar-refractivity contribution in [1.82, 2.24) is 5.32 Å². The fourth-order valence-electron chi connectivity index (χ4n) is 1.85. The molecule has 1 aromatic carbocycles. The van der Waals surface area contributed by atoms with Gasteiger partial charge < -0.3 is 10.1 Å². The highest BCUT2D eigenvalue weighted by Crippen LogP contribution is 2.20. The molecule has 0 spiro atoms. The monoisotopic (exact) mass is 235 g/mol. The van der Waals surface area contributed by atoms with Crippen LogP contribution in [0.2, 0.25) is 0 Å². The first-order valence-corrected chi connectivity index (χ1v) is 6.73. The molecule has 0 saturated heterocycles. The van der Waals surface area contributed by atoms with E-state index in [0.717, 1.165) is 38.1 Å². The number of para-hydroxylation sites is 1. The van der Waals surface area contributed by atoms with Crippen LogP contribution in [0.4, 0.5) is 0 Å². The molecule has 0 fully saturated rings. The van der Waals surface area contributed by atoms with Gasteiger partial charge in [0.05, 0.1) is 6.10 Å². The molecule has 0 saturated carbocycles. The van der Waals surface area contributed by atoms with Crippen LogP contribution in [0.15, 0.2) is 24.3 Å². The number of hydrogen-bond acceptors (Lipinski definition) is 2. The standard InChI is InChI=1S/C15H25NO/c1-4-8-13(3)17-15-10-7-6-9-14(15)12-16-11-5-2/h6-7,9-10,13,16H,4-5,8,11-12H2,1-3H3. The van der Waals surface area contributed by atoms with Crippen molar-refractivity contribution in [3.8, 4) is 5.75 Å². The molecule has 1 N–H and O–H groups in total. The zero-order chi connectivity index (χ0) is 12.5. The van der Waals surface area contributed by atoms with E-state index in [9.17, 15) is 0 Å². The van der Waals surface area contributed by atoms with E-state index >= 15 is 0 Å². The van der Waals surface area contributed by atoms with E-state index < -0.39 is 0 Å². The molecule has 1 aromatic rings. The molecule has 17 heavy (non-hydrogen) atoms. The number of nitrogens with one attached hydrogen (secondary N) is 1. The van der Waals surface area contributed by atoms with Crippen molar-refractivity contribution < 1.29 is 4.74 Å². The summed E-state index contributed by atoms with van der Waals surface area (Å²) in [5.41, 5.74) is 1.25. The predicted molar refractivity (Wildman–Crippen MR) is 73.4 cm³/mol. The molecule has 1 atom stereocenters. The molecular weight excluding hydrogens is 210 g/mol. The third-order valence-corrected chi connectivity index (χ3v) is 2.74. The Morgan fingerprint density at radius 3 is 2.65 bits per heavy atom. The van der Waals surface area contributed by atoms with Crippen LogP contribution in [0.1, 0.15) is 45.6 Å². The molecule has 96 valence electrons. The van der Waals surface area contributed by atoms with Crippen molar-refractivity contribution in [2.24, 2.45) is 0 Å². The molecule has 1 unspecified atom stereocenters. The highest BCUT2D eigenvalue weighted by atomic mass is 16.5. The predicted octanol–water partition coefficient (Wildman–Crippen LogP) is 3.75. The number of benzene rings is 1. The molecule has 2 nitrogen and oxygen atoms in total. The minimum atomic E-state index is 0.298. The van der Waals surface area contributed by atoms with E-state index in [4.69, 9.17) is 4.74 Å². The molecule has 0 amide bonds. The summed E-state index contributed by atoms with van der Waals surface area (Å²) in [6.45, 7) is 8.45. The Kier molecular flexibility index (Phi) is 6.71. The van der Waals surface area contributed by atoms with Crippen LogP contribution in [0.25, 0.3) is 0 Å². The van der Waals surface area contributed by atoms with Gasteiger partial charge in [0.25, 0.3) is 0 Å². The van der Waals surface area contributed by atoms with E-state index in [1.807, 2.05) is 6.07 Å². The van der Waals surface area contributed by atoms with E-state index in [1.54, 1.807) is 0 Å². The van der Waals surface area contributed by atoms with Crippen molar-refractivity contribution in [2.45, 2.75) is 52.7 Å². The van der Waals surface area contributed by atoms with Gasteiger partial charge in [0, 0.05) is 12.1 Å². The van der Waals surface area contributed by atoms with Crippen LogP contribution in [-0.2, 0) is 6.54 Å². The Bertz CT molecular complexity index is 312. The van der Waals surface area contributed by atoms with Gasteiger partial charge in [-0.3, -0.25) is 0 Å². The highest BCUT2D eigenvalue weighted by molar-refractivity contribution is 5.33. The second kappa shape index (κ2) is 8.13. The second-order valence-electron chi connectivity index (χ2n) is 4.50. The summed E-state index contributed by atoms with van der Waals surface area (Å²) >= 11 is 0. The fraction of sp³-hybridized carbons (Fsp3) is 0.600. The van der Waals surface area contributed by atoms with Crippen molar-refractivity contribution in [3.05, 3.63) is 29.8 Å². The fourth-order valence-corrected chi connectivity index (χ4v) is 1.85. The molecule has 2 heteroatoms. The number of ether oxygens (including phenoxy) is 1. The second-order valence-corrected chi connectivity index (χ2v) is 4.50. The minimum Gasteiger partial charge on any atom is -0.490 e. The lowest BCUT2D eigenvalue weighted by atomic mass is 10.2. The van der Waals surface area contributed by atoms with Crippen LogP contribution in [0.3, 0.4) is 0 Å². The van der Waals surface area contributed by atoms with Gasteiger partial charge in [-0.25, -0.2) is 0 Å². The van der Waals surface area contributed by atoms with Crippen molar-refractivity contribution in [2.75, 3.05) is 6.54 Å². The van der Waals surface area contributed by atoms with Crippen molar-refractivity contribution in [3.63, 3.8) is 0 Å². The van der Waals surface area contributed by atoms with Crippen LogP contribution < -0.4 is 10.1 Å². The Balaban J connectivity index is 2.57. The van der Waals surface area contributed by atoms with Crippen LogP contribution in [-0.4, -0.2) is 12.6 Å². The van der Waals surface area contributed by atoms with Gasteiger partial charge in [-0.2, -0.15) is 0 Å². The summed E-state index contributed by atoms with van der Waals surface area (Å²) in [5.74, 6) is 1.03. The van der Waals surface area contributed by atoms with Gasteiger partial charge in [0.1, 0.15) is 5.75 Å². The summed E-state index contributed by atoms with van der Waals surface area (Å²) in [4.78, 5) is 0. The molecule has 1 rings (SSSR count). The van der Waals surface area contributed by atoms with Crippen LogP contribution in [0, 0.1) is 0 Å². The molecule has 0 heterocycles. The Labute approximate surface area is 105 Å². The maximum Gasteiger partial charge on any atom is 0.124 e. The Morgan fingerprint density at radius 2 is 1.94 bits per heavy atom. The molecule has 0 aliphatic carbocycles. The van der Waals surface area contributed by atoms with Gasteiger partial charge in [0.15, 0.2) is 0 Å². The van der Waals surface area contributed by atoms with E-state index in [1.165, 1.54) is 5.56 Å². The molecule has 0 aliphatic heterocycles. The van der Waals surface area contributed by atoms with Gasteiger partial charge in [0.2, 0.25) is 0 Å². The van der Waals surface area contributed by atoms with Gasteiger partial charge in [-0.15, -0.1) is 0 Å². The zero-order valence-corrected chi connectivity index (χ0v) is 11.3. The van der Waals surface area contributed by atoms with Gasteiger partial charge >= 0.3 is 0 Å². The first kappa shape index (κ1) is 14.0. The summed E-state index contributed by atoms with van der Waals surface area (Å²) < 4.78 is 5.98. The summed E-state index contributed by atoms with van der Waals surface area (Å²) in [7, 11) is 0. The zero-order valence-electron chi connectivity index (χ0n) is 11.3. The topological polar surface area (TPSA) is 21.3 Å². The minimum absolute atomic E-state index is 0.298. The van der Waals surface area contributed by atoms with Crippen LogP contribution >= 0.6 is 0 Å². The maximum absolute atomic E-state index is 5.98. The van der Waals surface area contributed by atoms with Gasteiger partial charge in [-0.1, -0.05) is 38.5 Å². The maximum atomic E-state index is 5.98. The van der Waals surface area contributed by atoms with Crippen molar-refractivity contribution in [1.29, 1.82) is 0 Å². The quantitative estimate of drug-likeness (QED) is 0.693. The average Bonchev–Trinajstić information content (AvgIpc) is 2.32. The molecular formula is C15H25NO. The number of hydrogen-bond donors (Lipinski definition) is 1. The lowest BCUT2D eigenvalue weighted by Gasteiger charge is -2.17. The SMILES string of the molecule is CCCNCc1ccccc1OC(C)CCC. The largest absolute Gasteiger partial charge is 0.490 e. The lowest BCUT2D eigenvalue weighted by Crippen LogP contribution is -2.17. The molecule has 0 bridgehead atoms. The first-order chi connectivity index (χ1) is 8.27. The summed E-state index contributed by atoms with van der Waals surface area (Å²) in [5, 5.41) is 3.42. The van der Waals surface area contributed by atoms with Gasteiger partial charge in [-0.05, 0) is 32.4 Å². The van der Waals surface area contributed by atoms with E-state index in [2.05, 4.69) is 44.3 Å². The first-order valence-electron chi connectivity index (χ1n) is 6.73. The molecule has 0 aliphatic rings. The van der Waals surface area contributed by atoms with E-state index in [-0.39, 0.29) is 0 Å². The Hall–Kier alpha value is -1.02. The Morgan fingerprint density at radius 1 is 1.18 bits per heavy atom. The highest BCUT2D eigenvalue weighted by Gasteiger charge is 2.06. The third-order valence-electron chi connectivity index (χ3n) is 2.74. The summed E-state index contributed by atoms with van der Waals surface area (Å²) in [6.07, 6.45) is 3.73. The van der Waals surface area contributed by atoms with E-state index in [0.29, 0.717) is 6.10 Å².